The second-order valence-corrected chi connectivity index (χ2v) is 8.48. The van der Waals surface area contributed by atoms with Crippen molar-refractivity contribution in [3.63, 3.8) is 0 Å². The zero-order chi connectivity index (χ0) is 21.7. The molecule has 30 heavy (non-hydrogen) atoms. The van der Waals surface area contributed by atoms with Gasteiger partial charge in [-0.1, -0.05) is 36.4 Å². The molecule has 0 atom stereocenters. The van der Waals surface area contributed by atoms with Crippen molar-refractivity contribution in [1.29, 1.82) is 0 Å². The molecule has 0 saturated carbocycles. The molecule has 1 amide bonds. The van der Waals surface area contributed by atoms with Crippen LogP contribution in [-0.4, -0.2) is 27.7 Å². The maximum absolute atomic E-state index is 14.1. The lowest BCUT2D eigenvalue weighted by atomic mass is 10.1. The van der Waals surface area contributed by atoms with E-state index in [9.17, 15) is 17.6 Å². The Morgan fingerprint density at radius 2 is 1.63 bits per heavy atom. The van der Waals surface area contributed by atoms with Gasteiger partial charge in [-0.15, -0.1) is 0 Å². The second kappa shape index (κ2) is 8.96. The van der Waals surface area contributed by atoms with Crippen molar-refractivity contribution in [3.05, 3.63) is 89.7 Å². The van der Waals surface area contributed by atoms with Crippen LogP contribution in [0.1, 0.15) is 15.9 Å². The Balaban J connectivity index is 1.79. The third-order valence-corrected chi connectivity index (χ3v) is 5.55. The lowest BCUT2D eigenvalue weighted by Gasteiger charge is -2.23. The first-order chi connectivity index (χ1) is 14.3. The third-order valence-electron chi connectivity index (χ3n) is 4.42. The molecule has 0 aliphatic heterocycles. The molecule has 8 heteroatoms. The van der Waals surface area contributed by atoms with Gasteiger partial charge in [-0.05, 0) is 42.0 Å². The minimum absolute atomic E-state index is 0.0296. The van der Waals surface area contributed by atoms with Gasteiger partial charge in [0.1, 0.15) is 11.6 Å². The normalized spacial score (nSPS) is 11.0. The Labute approximate surface area is 175 Å². The predicted octanol–water partition coefficient (Wildman–Crippen LogP) is 4.05. The topological polar surface area (TPSA) is 75.7 Å². The number of hydrogen-bond acceptors (Lipinski definition) is 4. The van der Waals surface area contributed by atoms with Gasteiger partial charge in [0.15, 0.2) is 0 Å². The first-order valence-corrected chi connectivity index (χ1v) is 10.9. The smallest absolute Gasteiger partial charge is 0.255 e. The van der Waals surface area contributed by atoms with Crippen molar-refractivity contribution in [2.24, 2.45) is 0 Å². The van der Waals surface area contributed by atoms with Crippen LogP contribution in [-0.2, 0) is 16.6 Å². The van der Waals surface area contributed by atoms with Crippen LogP contribution in [0.3, 0.4) is 0 Å². The van der Waals surface area contributed by atoms with Gasteiger partial charge in [0.25, 0.3) is 5.91 Å². The molecule has 0 radical (unpaired) electrons. The highest BCUT2D eigenvalue weighted by atomic mass is 32.2. The van der Waals surface area contributed by atoms with Crippen LogP contribution in [0.25, 0.3) is 0 Å². The van der Waals surface area contributed by atoms with Crippen molar-refractivity contribution in [2.45, 2.75) is 6.54 Å². The number of ether oxygens (including phenoxy) is 1. The van der Waals surface area contributed by atoms with E-state index in [0.717, 1.165) is 10.6 Å². The van der Waals surface area contributed by atoms with E-state index in [1.165, 1.54) is 25.3 Å². The molecule has 6 nitrogen and oxygen atoms in total. The van der Waals surface area contributed by atoms with Gasteiger partial charge < -0.3 is 10.1 Å². The number of methoxy groups -OCH3 is 1. The zero-order valence-electron chi connectivity index (χ0n) is 16.5. The number of nitrogens with zero attached hydrogens (tertiary/aromatic N) is 1. The number of carbonyl (C=O) groups is 1. The molecule has 1 N–H and O–H groups in total. The Morgan fingerprint density at radius 3 is 2.27 bits per heavy atom. The molecule has 0 aromatic heterocycles. The van der Waals surface area contributed by atoms with Crippen LogP contribution in [0.2, 0.25) is 0 Å². The van der Waals surface area contributed by atoms with Gasteiger partial charge in [-0.2, -0.15) is 0 Å². The molecule has 0 spiro atoms. The van der Waals surface area contributed by atoms with Crippen LogP contribution in [0.4, 0.5) is 15.8 Å². The summed E-state index contributed by atoms with van der Waals surface area (Å²) in [6.07, 6.45) is 1.02. The highest BCUT2D eigenvalue weighted by molar-refractivity contribution is 7.92. The minimum Gasteiger partial charge on any atom is -0.495 e. The molecular weight excluding hydrogens is 407 g/mol. The van der Waals surface area contributed by atoms with Crippen molar-refractivity contribution in [3.8, 4) is 5.75 Å². The lowest BCUT2D eigenvalue weighted by Crippen LogP contribution is -2.30. The molecule has 0 saturated heterocycles. The van der Waals surface area contributed by atoms with Crippen molar-refractivity contribution < 1.29 is 22.3 Å². The summed E-state index contributed by atoms with van der Waals surface area (Å²) in [5, 5.41) is 2.78. The summed E-state index contributed by atoms with van der Waals surface area (Å²) in [4.78, 5) is 12.5. The number of hydrogen-bond donors (Lipinski definition) is 1. The maximum Gasteiger partial charge on any atom is 0.255 e. The number of rotatable bonds is 7. The van der Waals surface area contributed by atoms with Crippen LogP contribution in [0.5, 0.6) is 5.75 Å². The molecule has 3 aromatic carbocycles. The first kappa shape index (κ1) is 21.3. The zero-order valence-corrected chi connectivity index (χ0v) is 17.3. The molecule has 0 heterocycles. The number of nitrogens with one attached hydrogen (secondary N) is 1. The molecule has 3 rings (SSSR count). The largest absolute Gasteiger partial charge is 0.495 e. The Kier molecular flexibility index (Phi) is 6.37. The number of amides is 1. The fourth-order valence-electron chi connectivity index (χ4n) is 2.90. The Hall–Kier alpha value is -3.39. The minimum atomic E-state index is -3.71. The molecule has 0 unspecified atom stereocenters. The summed E-state index contributed by atoms with van der Waals surface area (Å²) in [7, 11) is -2.20. The van der Waals surface area contributed by atoms with E-state index < -0.39 is 15.8 Å². The highest BCUT2D eigenvalue weighted by Gasteiger charge is 2.21. The number of carbonyl (C=O) groups excluding carboxylic acids is 1. The maximum atomic E-state index is 14.1. The van der Waals surface area contributed by atoms with E-state index in [4.69, 9.17) is 4.74 Å². The number of sulfonamides is 1. The quantitative estimate of drug-likeness (QED) is 0.616. The number of para-hydroxylation sites is 3. The van der Waals surface area contributed by atoms with Crippen molar-refractivity contribution in [2.75, 3.05) is 23.0 Å². The Morgan fingerprint density at radius 1 is 1.00 bits per heavy atom. The average molecular weight is 428 g/mol. The van der Waals surface area contributed by atoms with E-state index >= 15 is 0 Å². The van der Waals surface area contributed by atoms with E-state index in [-0.39, 0.29) is 18.1 Å². The SMILES string of the molecule is COc1ccccc1NC(=O)c1ccc(CN(c2ccccc2F)S(C)(=O)=O)cc1. The number of halogens is 1. The van der Waals surface area contributed by atoms with Crippen molar-refractivity contribution >= 4 is 27.3 Å². The molecule has 0 fully saturated rings. The van der Waals surface area contributed by atoms with E-state index in [2.05, 4.69) is 5.32 Å². The van der Waals surface area contributed by atoms with Crippen LogP contribution in [0, 0.1) is 5.82 Å². The molecule has 3 aromatic rings. The van der Waals surface area contributed by atoms with Gasteiger partial charge in [0, 0.05) is 5.56 Å². The average Bonchev–Trinajstić information content (AvgIpc) is 2.72. The lowest BCUT2D eigenvalue weighted by molar-refractivity contribution is 0.102. The third kappa shape index (κ3) is 4.96. The summed E-state index contributed by atoms with van der Waals surface area (Å²) < 4.78 is 44.8. The van der Waals surface area contributed by atoms with E-state index in [1.807, 2.05) is 0 Å². The van der Waals surface area contributed by atoms with Gasteiger partial charge >= 0.3 is 0 Å². The predicted molar refractivity (Wildman–Crippen MR) is 115 cm³/mol. The molecule has 0 aliphatic carbocycles. The second-order valence-electron chi connectivity index (χ2n) is 6.57. The molecular formula is C22H21FN2O4S. The van der Waals surface area contributed by atoms with Gasteiger partial charge in [0.05, 0.1) is 31.3 Å². The van der Waals surface area contributed by atoms with Crippen LogP contribution in [0.15, 0.2) is 72.8 Å². The summed E-state index contributed by atoms with van der Waals surface area (Å²) >= 11 is 0. The van der Waals surface area contributed by atoms with Gasteiger partial charge in [0.2, 0.25) is 10.0 Å². The number of anilines is 2. The van der Waals surface area contributed by atoms with Crippen LogP contribution >= 0.6 is 0 Å². The van der Waals surface area contributed by atoms with Gasteiger partial charge in [-0.25, -0.2) is 12.8 Å². The van der Waals surface area contributed by atoms with Crippen molar-refractivity contribution in [1.82, 2.24) is 0 Å². The molecule has 156 valence electrons. The summed E-state index contributed by atoms with van der Waals surface area (Å²) in [5.41, 5.74) is 1.51. The standard InChI is InChI=1S/C22H21FN2O4S/c1-29-21-10-6-4-8-19(21)24-22(26)17-13-11-16(12-14-17)15-25(30(2,27)28)20-9-5-3-7-18(20)23/h3-14H,15H2,1-2H3,(H,24,26). The Bertz CT molecular complexity index is 1150. The van der Waals surface area contributed by atoms with E-state index in [1.54, 1.807) is 54.6 Å². The first-order valence-electron chi connectivity index (χ1n) is 9.05. The fraction of sp³-hybridized carbons (Fsp3) is 0.136. The monoisotopic (exact) mass is 428 g/mol. The number of benzene rings is 3. The molecule has 0 aliphatic rings. The van der Waals surface area contributed by atoms with E-state index in [0.29, 0.717) is 22.6 Å². The molecule has 0 bridgehead atoms. The van der Waals surface area contributed by atoms with Gasteiger partial charge in [-0.3, -0.25) is 9.10 Å². The summed E-state index contributed by atoms with van der Waals surface area (Å²) in [5.74, 6) is -0.424. The summed E-state index contributed by atoms with van der Waals surface area (Å²) in [6, 6.07) is 19.2. The van der Waals surface area contributed by atoms with Crippen LogP contribution < -0.4 is 14.4 Å². The summed E-state index contributed by atoms with van der Waals surface area (Å²) in [6.45, 7) is -0.0613. The fourth-order valence-corrected chi connectivity index (χ4v) is 3.79. The highest BCUT2D eigenvalue weighted by Crippen LogP contribution is 2.25.